The van der Waals surface area contributed by atoms with Crippen molar-refractivity contribution in [2.75, 3.05) is 19.2 Å². The summed E-state index contributed by atoms with van der Waals surface area (Å²) in [6.45, 7) is 0. The van der Waals surface area contributed by atoms with Gasteiger partial charge in [-0.15, -0.1) is 0 Å². The van der Waals surface area contributed by atoms with E-state index in [9.17, 15) is 9.59 Å². The van der Waals surface area contributed by atoms with Crippen molar-refractivity contribution in [2.45, 2.75) is 6.42 Å². The molecule has 2 amide bonds. The van der Waals surface area contributed by atoms with Crippen LogP contribution in [0.2, 0.25) is 0 Å². The molecule has 0 aliphatic carbocycles. The van der Waals surface area contributed by atoms with Crippen molar-refractivity contribution < 1.29 is 19.1 Å². The average Bonchev–Trinajstić information content (AvgIpc) is 2.64. The normalized spacial score (nSPS) is 13.3. The third-order valence-corrected chi connectivity index (χ3v) is 2.51. The van der Waals surface area contributed by atoms with E-state index >= 15 is 0 Å². The molecular weight excluding hydrogens is 224 g/mol. The molecule has 1 N–H and O–H groups in total. The van der Waals surface area contributed by atoms with Crippen molar-refractivity contribution in [3.8, 4) is 5.75 Å². The summed E-state index contributed by atoms with van der Waals surface area (Å²) in [5.41, 5.74) is 3.80. The van der Waals surface area contributed by atoms with Gasteiger partial charge in [0.15, 0.2) is 0 Å². The predicted molar refractivity (Wildman–Crippen MR) is 59.7 cm³/mol. The zero-order chi connectivity index (χ0) is 12.4. The monoisotopic (exact) mass is 236 g/mol. The van der Waals surface area contributed by atoms with Gasteiger partial charge in [0, 0.05) is 0 Å². The molecule has 0 fully saturated rings. The van der Waals surface area contributed by atoms with Crippen LogP contribution >= 0.6 is 0 Å². The number of anilines is 1. The molecule has 0 aromatic heterocycles. The molecule has 0 saturated heterocycles. The highest BCUT2D eigenvalue weighted by atomic mass is 16.5. The quantitative estimate of drug-likeness (QED) is 0.826. The Morgan fingerprint density at radius 3 is 2.82 bits per heavy atom. The minimum absolute atomic E-state index is 0.210. The van der Waals surface area contributed by atoms with E-state index in [4.69, 9.17) is 4.74 Å². The number of carbonyl (C=O) groups excluding carboxylic acids is 2. The summed E-state index contributed by atoms with van der Waals surface area (Å²) in [7, 11) is 2.80. The van der Waals surface area contributed by atoms with E-state index in [0.717, 1.165) is 5.56 Å². The number of hydrogen-bond acceptors (Lipinski definition) is 4. The molecule has 6 heteroatoms. The van der Waals surface area contributed by atoms with Crippen molar-refractivity contribution >= 4 is 17.7 Å². The Balaban J connectivity index is 2.28. The van der Waals surface area contributed by atoms with E-state index in [0.29, 0.717) is 11.4 Å². The Morgan fingerprint density at radius 2 is 2.18 bits per heavy atom. The summed E-state index contributed by atoms with van der Waals surface area (Å²) in [6.07, 6.45) is -0.446. The number of methoxy groups -OCH3 is 2. The van der Waals surface area contributed by atoms with Crippen LogP contribution in [0, 0.1) is 0 Å². The summed E-state index contributed by atoms with van der Waals surface area (Å²) in [4.78, 5) is 22.8. The van der Waals surface area contributed by atoms with Gasteiger partial charge in [0.2, 0.25) is 5.91 Å². The van der Waals surface area contributed by atoms with Gasteiger partial charge in [-0.25, -0.2) is 15.2 Å². The average molecular weight is 236 g/mol. The van der Waals surface area contributed by atoms with Crippen molar-refractivity contribution in [1.29, 1.82) is 0 Å². The lowest BCUT2D eigenvalue weighted by atomic mass is 10.1. The lowest BCUT2D eigenvalue weighted by molar-refractivity contribution is -0.117. The molecule has 2 rings (SSSR count). The molecule has 1 aliphatic heterocycles. The van der Waals surface area contributed by atoms with Crippen LogP contribution in [0.1, 0.15) is 5.56 Å². The molecule has 6 nitrogen and oxygen atoms in total. The Kier molecular flexibility index (Phi) is 2.86. The van der Waals surface area contributed by atoms with Gasteiger partial charge in [0.05, 0.1) is 26.3 Å². The van der Waals surface area contributed by atoms with E-state index in [-0.39, 0.29) is 12.3 Å². The fourth-order valence-electron chi connectivity index (χ4n) is 1.68. The van der Waals surface area contributed by atoms with Gasteiger partial charge in [0.1, 0.15) is 5.75 Å². The number of nitrogens with one attached hydrogen (secondary N) is 1. The minimum Gasteiger partial charge on any atom is -0.497 e. The molecule has 0 bridgehead atoms. The van der Waals surface area contributed by atoms with Crippen molar-refractivity contribution in [2.24, 2.45) is 0 Å². The molecule has 1 aromatic rings. The summed E-state index contributed by atoms with van der Waals surface area (Å²) < 4.78 is 9.52. The van der Waals surface area contributed by atoms with Crippen LogP contribution in [0.25, 0.3) is 0 Å². The summed E-state index contributed by atoms with van der Waals surface area (Å²) >= 11 is 0. The van der Waals surface area contributed by atoms with Gasteiger partial charge in [-0.2, -0.15) is 0 Å². The molecule has 0 atom stereocenters. The molecular formula is C11H12N2O4. The molecule has 0 radical (unpaired) electrons. The van der Waals surface area contributed by atoms with Crippen LogP contribution in [0.15, 0.2) is 18.2 Å². The van der Waals surface area contributed by atoms with E-state index in [2.05, 4.69) is 10.2 Å². The van der Waals surface area contributed by atoms with Crippen molar-refractivity contribution in [3.05, 3.63) is 23.8 Å². The first-order valence-corrected chi connectivity index (χ1v) is 5.00. The first-order valence-electron chi connectivity index (χ1n) is 5.00. The second kappa shape index (κ2) is 4.32. The summed E-state index contributed by atoms with van der Waals surface area (Å²) in [6, 6.07) is 5.21. The van der Waals surface area contributed by atoms with E-state index in [1.165, 1.54) is 12.1 Å². The van der Waals surface area contributed by atoms with Crippen molar-refractivity contribution in [1.82, 2.24) is 5.43 Å². The largest absolute Gasteiger partial charge is 0.497 e. The number of amides is 2. The van der Waals surface area contributed by atoms with E-state index in [1.807, 2.05) is 0 Å². The highest BCUT2D eigenvalue weighted by Gasteiger charge is 2.29. The Labute approximate surface area is 98.1 Å². The lowest BCUT2D eigenvalue weighted by Crippen LogP contribution is -2.44. The smallest absolute Gasteiger partial charge is 0.426 e. The second-order valence-electron chi connectivity index (χ2n) is 3.50. The number of hydrogen-bond donors (Lipinski definition) is 1. The zero-order valence-electron chi connectivity index (χ0n) is 9.52. The number of carbonyl (C=O) groups is 2. The van der Waals surface area contributed by atoms with Gasteiger partial charge in [-0.05, 0) is 23.8 Å². The SMILES string of the molecule is COC(=O)NN1C(=O)Cc2cc(OC)ccc21. The van der Waals surface area contributed by atoms with Crippen LogP contribution in [-0.2, 0) is 16.0 Å². The molecule has 0 unspecified atom stereocenters. The molecule has 1 aliphatic rings. The number of hydrazine groups is 1. The highest BCUT2D eigenvalue weighted by Crippen LogP contribution is 2.30. The highest BCUT2D eigenvalue weighted by molar-refractivity contribution is 6.02. The maximum atomic E-state index is 11.7. The maximum Gasteiger partial charge on any atom is 0.426 e. The Hall–Kier alpha value is -2.24. The molecule has 0 spiro atoms. The lowest BCUT2D eigenvalue weighted by Gasteiger charge is -2.17. The fraction of sp³-hybridized carbons (Fsp3) is 0.273. The number of rotatable bonds is 2. The number of fused-ring (bicyclic) bond motifs is 1. The third kappa shape index (κ3) is 2.01. The zero-order valence-corrected chi connectivity index (χ0v) is 9.52. The molecule has 90 valence electrons. The second-order valence-corrected chi connectivity index (χ2v) is 3.50. The van der Waals surface area contributed by atoms with Crippen LogP contribution < -0.4 is 15.2 Å². The molecule has 17 heavy (non-hydrogen) atoms. The molecule has 1 aromatic carbocycles. The number of benzene rings is 1. The van der Waals surface area contributed by atoms with Crippen molar-refractivity contribution in [3.63, 3.8) is 0 Å². The molecule has 1 heterocycles. The van der Waals surface area contributed by atoms with Gasteiger partial charge in [0.25, 0.3) is 0 Å². The third-order valence-electron chi connectivity index (χ3n) is 2.51. The molecule has 0 saturated carbocycles. The Bertz CT molecular complexity index is 473. The minimum atomic E-state index is -0.679. The topological polar surface area (TPSA) is 67.9 Å². The maximum absolute atomic E-state index is 11.7. The first kappa shape index (κ1) is 11.3. The van der Waals surface area contributed by atoms with E-state index < -0.39 is 6.09 Å². The number of ether oxygens (including phenoxy) is 2. The summed E-state index contributed by atoms with van der Waals surface area (Å²) in [5.74, 6) is 0.468. The van der Waals surface area contributed by atoms with Gasteiger partial charge in [-0.3, -0.25) is 4.79 Å². The Morgan fingerprint density at radius 1 is 1.41 bits per heavy atom. The van der Waals surface area contributed by atoms with Crippen LogP contribution in [0.5, 0.6) is 5.75 Å². The van der Waals surface area contributed by atoms with Crippen LogP contribution in [0.4, 0.5) is 10.5 Å². The van der Waals surface area contributed by atoms with Gasteiger partial charge >= 0.3 is 6.09 Å². The van der Waals surface area contributed by atoms with Crippen LogP contribution in [-0.4, -0.2) is 26.2 Å². The van der Waals surface area contributed by atoms with E-state index in [1.54, 1.807) is 25.3 Å². The van der Waals surface area contributed by atoms with Gasteiger partial charge in [-0.1, -0.05) is 0 Å². The number of nitrogens with zero attached hydrogens (tertiary/aromatic N) is 1. The summed E-state index contributed by atoms with van der Waals surface area (Å²) in [5, 5.41) is 1.18. The van der Waals surface area contributed by atoms with Crippen LogP contribution in [0.3, 0.4) is 0 Å². The predicted octanol–water partition coefficient (Wildman–Crippen LogP) is 0.855. The standard InChI is InChI=1S/C11H12N2O4/c1-16-8-3-4-9-7(5-8)6-10(14)13(9)12-11(15)17-2/h3-5H,6H2,1-2H3,(H,12,15). The fourth-order valence-corrected chi connectivity index (χ4v) is 1.68. The van der Waals surface area contributed by atoms with Gasteiger partial charge < -0.3 is 9.47 Å². The first-order chi connectivity index (χ1) is 8.15.